The summed E-state index contributed by atoms with van der Waals surface area (Å²) in [6.45, 7) is 2.01. The summed E-state index contributed by atoms with van der Waals surface area (Å²) >= 11 is 4.42. The number of hydrogen-bond donors (Lipinski definition) is 0. The fourth-order valence-corrected chi connectivity index (χ4v) is 19.6. The predicted octanol–water partition coefficient (Wildman–Crippen LogP) is 4.12. The van der Waals surface area contributed by atoms with Crippen LogP contribution in [0.3, 0.4) is 0 Å². The van der Waals surface area contributed by atoms with Crippen LogP contribution in [0, 0.1) is 0 Å². The van der Waals surface area contributed by atoms with E-state index in [4.69, 9.17) is 4.74 Å². The summed E-state index contributed by atoms with van der Waals surface area (Å²) in [6, 6.07) is 31.8. The molecule has 0 aliphatic rings. The van der Waals surface area contributed by atoms with Gasteiger partial charge in [-0.3, -0.25) is 0 Å². The van der Waals surface area contributed by atoms with Crippen molar-refractivity contribution in [3.63, 3.8) is 0 Å². The van der Waals surface area contributed by atoms with Gasteiger partial charge in [-0.25, -0.2) is 0 Å². The van der Waals surface area contributed by atoms with E-state index in [-0.39, 0.29) is 5.97 Å². The standard InChI is InChI=1S/C24H24AsBrO2/c1-20(18-24(27)28-2)19-25(26,21-12-6-3-7-13-21,22-14-8-4-9-15-22)23-16-10-5-11-17-23/h3-18H,19H2,1-2H3/b20-18+. The molecule has 0 spiro atoms. The SMILES string of the molecule is COC(=O)/C=C(\C)C[As](Br)(c1ccccc1)(c1ccccc1)c1ccccc1. The Morgan fingerprint density at radius 1 is 0.821 bits per heavy atom. The Balaban J connectivity index is 2.37. The van der Waals surface area contributed by atoms with E-state index in [2.05, 4.69) is 86.7 Å². The maximum atomic E-state index is 11.9. The van der Waals surface area contributed by atoms with Gasteiger partial charge < -0.3 is 0 Å². The number of ether oxygens (including phenoxy) is 1. The molecule has 0 saturated carbocycles. The molecule has 0 heterocycles. The molecule has 0 atom stereocenters. The molecule has 0 saturated heterocycles. The molecule has 0 amide bonds. The van der Waals surface area contributed by atoms with E-state index in [1.165, 1.54) is 20.2 Å². The first-order chi connectivity index (χ1) is 13.5. The third kappa shape index (κ3) is 3.74. The van der Waals surface area contributed by atoms with Gasteiger partial charge in [0, 0.05) is 0 Å². The quantitative estimate of drug-likeness (QED) is 0.290. The molecule has 0 radical (unpaired) electrons. The van der Waals surface area contributed by atoms with Crippen LogP contribution in [0.25, 0.3) is 0 Å². The topological polar surface area (TPSA) is 26.3 Å². The number of rotatable bonds is 6. The summed E-state index contributed by atoms with van der Waals surface area (Å²) in [5, 5.41) is 0.742. The van der Waals surface area contributed by atoms with Crippen LogP contribution in [0.5, 0.6) is 0 Å². The van der Waals surface area contributed by atoms with Gasteiger partial charge in [-0.2, -0.15) is 0 Å². The number of esters is 1. The molecule has 0 bridgehead atoms. The van der Waals surface area contributed by atoms with E-state index in [1.807, 2.05) is 25.1 Å². The third-order valence-corrected chi connectivity index (χ3v) is 23.6. The van der Waals surface area contributed by atoms with Crippen LogP contribution in [0.15, 0.2) is 103 Å². The summed E-state index contributed by atoms with van der Waals surface area (Å²) in [4.78, 5) is 11.9. The zero-order chi connectivity index (χ0) is 20.1. The average molecular weight is 499 g/mol. The zero-order valence-electron chi connectivity index (χ0n) is 16.1. The second kappa shape index (κ2) is 8.51. The van der Waals surface area contributed by atoms with Gasteiger partial charge in [0.2, 0.25) is 0 Å². The Kier molecular flexibility index (Phi) is 6.27. The number of allylic oxidation sites excluding steroid dienone is 1. The first kappa shape index (κ1) is 20.6. The Bertz CT molecular complexity index is 870. The van der Waals surface area contributed by atoms with Crippen LogP contribution in [0.2, 0.25) is 5.21 Å². The van der Waals surface area contributed by atoms with Crippen molar-refractivity contribution >= 4 is 43.5 Å². The third-order valence-electron chi connectivity index (χ3n) is 5.00. The van der Waals surface area contributed by atoms with E-state index in [0.717, 1.165) is 10.8 Å². The van der Waals surface area contributed by atoms with Crippen molar-refractivity contribution in [2.75, 3.05) is 7.11 Å². The molecule has 0 aromatic heterocycles. The van der Waals surface area contributed by atoms with Crippen molar-refractivity contribution in [2.24, 2.45) is 0 Å². The molecular weight excluding hydrogens is 475 g/mol. The molecule has 2 nitrogen and oxygen atoms in total. The van der Waals surface area contributed by atoms with E-state index in [1.54, 1.807) is 6.08 Å². The van der Waals surface area contributed by atoms with Crippen LogP contribution >= 0.6 is 13.9 Å². The van der Waals surface area contributed by atoms with Crippen molar-refractivity contribution in [1.29, 1.82) is 0 Å². The van der Waals surface area contributed by atoms with Gasteiger partial charge in [0.15, 0.2) is 0 Å². The molecule has 28 heavy (non-hydrogen) atoms. The first-order valence-electron chi connectivity index (χ1n) is 9.14. The van der Waals surface area contributed by atoms with Gasteiger partial charge in [0.1, 0.15) is 0 Å². The Morgan fingerprint density at radius 2 is 1.18 bits per heavy atom. The molecule has 3 aromatic carbocycles. The number of carbonyl (C=O) groups excluding carboxylic acids is 1. The average Bonchev–Trinajstić information content (AvgIpc) is 2.75. The van der Waals surface area contributed by atoms with Gasteiger partial charge in [0.25, 0.3) is 0 Å². The van der Waals surface area contributed by atoms with Crippen LogP contribution in [-0.2, 0) is 9.53 Å². The Labute approximate surface area is 174 Å². The van der Waals surface area contributed by atoms with E-state index < -0.39 is 10.6 Å². The fourth-order valence-electron chi connectivity index (χ4n) is 3.71. The molecular formula is C24H24AsBrO2. The van der Waals surface area contributed by atoms with Gasteiger partial charge in [-0.15, -0.1) is 0 Å². The number of methoxy groups -OCH3 is 1. The van der Waals surface area contributed by atoms with Gasteiger partial charge in [-0.05, 0) is 0 Å². The van der Waals surface area contributed by atoms with Crippen LogP contribution in [0.1, 0.15) is 6.92 Å². The minimum absolute atomic E-state index is 0.322. The summed E-state index contributed by atoms with van der Waals surface area (Å²) in [6.07, 6.45) is 1.61. The Morgan fingerprint density at radius 3 is 1.50 bits per heavy atom. The van der Waals surface area contributed by atoms with Gasteiger partial charge >= 0.3 is 175 Å². The molecule has 144 valence electrons. The first-order valence-corrected chi connectivity index (χ1v) is 17.7. The fraction of sp³-hybridized carbons (Fsp3) is 0.125. The Hall–Kier alpha value is -2.09. The molecule has 4 heteroatoms. The molecule has 0 fully saturated rings. The molecule has 0 aliphatic carbocycles. The van der Waals surface area contributed by atoms with E-state index >= 15 is 0 Å². The second-order valence-corrected chi connectivity index (χ2v) is 23.9. The molecule has 3 rings (SSSR count). The van der Waals surface area contributed by atoms with E-state index in [9.17, 15) is 4.79 Å². The molecule has 3 aromatic rings. The maximum absolute atomic E-state index is 11.9. The van der Waals surface area contributed by atoms with Crippen LogP contribution < -0.4 is 13.1 Å². The van der Waals surface area contributed by atoms with Crippen LogP contribution in [0.4, 0.5) is 0 Å². The van der Waals surface area contributed by atoms with Crippen molar-refractivity contribution in [3.8, 4) is 0 Å². The van der Waals surface area contributed by atoms with Gasteiger partial charge in [-0.1, -0.05) is 0 Å². The normalized spacial score (nSPS) is 13.4. The van der Waals surface area contributed by atoms with E-state index in [0.29, 0.717) is 0 Å². The van der Waals surface area contributed by atoms with Crippen molar-refractivity contribution in [3.05, 3.63) is 103 Å². The molecule has 0 N–H and O–H groups in total. The predicted molar refractivity (Wildman–Crippen MR) is 123 cm³/mol. The minimum atomic E-state index is -3.78. The summed E-state index contributed by atoms with van der Waals surface area (Å²) in [5.41, 5.74) is 0.992. The summed E-state index contributed by atoms with van der Waals surface area (Å²) in [5.74, 6) is -0.322. The van der Waals surface area contributed by atoms with Crippen molar-refractivity contribution in [1.82, 2.24) is 0 Å². The number of carbonyl (C=O) groups is 1. The summed E-state index contributed by atoms with van der Waals surface area (Å²) in [7, 11) is -2.36. The molecule has 0 aliphatic heterocycles. The summed E-state index contributed by atoms with van der Waals surface area (Å²) < 4.78 is 8.70. The van der Waals surface area contributed by atoms with Crippen LogP contribution in [-0.4, -0.2) is 23.7 Å². The van der Waals surface area contributed by atoms with Crippen molar-refractivity contribution < 1.29 is 9.53 Å². The zero-order valence-corrected chi connectivity index (χ0v) is 19.5. The molecule has 0 unspecified atom stereocenters. The van der Waals surface area contributed by atoms with Gasteiger partial charge in [0.05, 0.1) is 0 Å². The number of hydrogen-bond acceptors (Lipinski definition) is 2. The van der Waals surface area contributed by atoms with Crippen molar-refractivity contribution in [2.45, 2.75) is 12.1 Å². The monoisotopic (exact) mass is 498 g/mol. The number of benzene rings is 3. The number of halogens is 1. The second-order valence-electron chi connectivity index (χ2n) is 6.86.